The molecule has 0 spiro atoms. The number of anilines is 2. The summed E-state index contributed by atoms with van der Waals surface area (Å²) in [6.45, 7) is -0.262. The van der Waals surface area contributed by atoms with Crippen molar-refractivity contribution in [3.05, 3.63) is 93.0 Å². The maximum Gasteiger partial charge on any atom is 0.271 e. The van der Waals surface area contributed by atoms with E-state index in [1.54, 1.807) is 36.4 Å². The second-order valence-corrected chi connectivity index (χ2v) is 7.57. The predicted octanol–water partition coefficient (Wildman–Crippen LogP) is 4.82. The van der Waals surface area contributed by atoms with Crippen LogP contribution in [0.1, 0.15) is 5.56 Å². The lowest BCUT2D eigenvalue weighted by atomic mass is 10.1. The first kappa shape index (κ1) is 25.7. The molecule has 0 atom stereocenters. The third kappa shape index (κ3) is 6.82. The highest BCUT2D eigenvalue weighted by Gasteiger charge is 2.15. The van der Waals surface area contributed by atoms with Crippen LogP contribution in [-0.2, 0) is 9.59 Å². The molecule has 0 unspecified atom stereocenters. The van der Waals surface area contributed by atoms with Crippen molar-refractivity contribution in [3.8, 4) is 17.6 Å². The predicted molar refractivity (Wildman–Crippen MR) is 134 cm³/mol. The van der Waals surface area contributed by atoms with Crippen LogP contribution >= 0.6 is 11.6 Å². The zero-order valence-electron chi connectivity index (χ0n) is 18.9. The Balaban J connectivity index is 1.70. The van der Waals surface area contributed by atoms with E-state index in [4.69, 9.17) is 21.1 Å². The van der Waals surface area contributed by atoms with Gasteiger partial charge in [-0.15, -0.1) is 0 Å². The van der Waals surface area contributed by atoms with E-state index in [9.17, 15) is 25.0 Å². The van der Waals surface area contributed by atoms with Gasteiger partial charge in [-0.1, -0.05) is 35.9 Å². The van der Waals surface area contributed by atoms with Gasteiger partial charge in [0.2, 0.25) is 0 Å². The van der Waals surface area contributed by atoms with Crippen LogP contribution in [0.15, 0.2) is 72.3 Å². The Morgan fingerprint density at radius 1 is 1.08 bits per heavy atom. The van der Waals surface area contributed by atoms with Crippen molar-refractivity contribution < 1.29 is 24.0 Å². The van der Waals surface area contributed by atoms with Crippen LogP contribution in [0.25, 0.3) is 6.08 Å². The molecule has 0 aliphatic heterocycles. The highest BCUT2D eigenvalue weighted by Crippen LogP contribution is 2.30. The summed E-state index contributed by atoms with van der Waals surface area (Å²) in [5.74, 6) is -0.545. The average Bonchev–Trinajstić information content (AvgIpc) is 2.87. The molecule has 182 valence electrons. The van der Waals surface area contributed by atoms with Crippen LogP contribution in [0.2, 0.25) is 5.02 Å². The summed E-state index contributed by atoms with van der Waals surface area (Å²) in [4.78, 5) is 34.9. The maximum atomic E-state index is 12.6. The molecule has 3 aromatic rings. The molecule has 10 nitrogen and oxygen atoms in total. The van der Waals surface area contributed by atoms with Gasteiger partial charge in [-0.3, -0.25) is 19.7 Å². The molecule has 3 rings (SSSR count). The van der Waals surface area contributed by atoms with Crippen LogP contribution in [0.3, 0.4) is 0 Å². The normalized spacial score (nSPS) is 10.6. The van der Waals surface area contributed by atoms with Crippen LogP contribution in [-0.4, -0.2) is 30.5 Å². The van der Waals surface area contributed by atoms with Crippen LogP contribution in [0.5, 0.6) is 11.5 Å². The van der Waals surface area contributed by atoms with Gasteiger partial charge in [0.15, 0.2) is 18.1 Å². The molecule has 0 aliphatic carbocycles. The summed E-state index contributed by atoms with van der Waals surface area (Å²) in [6, 6.07) is 18.9. The van der Waals surface area contributed by atoms with Crippen molar-refractivity contribution in [2.75, 3.05) is 24.4 Å². The van der Waals surface area contributed by atoms with Crippen LogP contribution in [0.4, 0.5) is 17.1 Å². The second kappa shape index (κ2) is 12.0. The summed E-state index contributed by atoms with van der Waals surface area (Å²) in [5, 5.41) is 25.4. The molecule has 0 heterocycles. The van der Waals surface area contributed by atoms with Gasteiger partial charge in [-0.25, -0.2) is 0 Å². The molecule has 11 heteroatoms. The lowest BCUT2D eigenvalue weighted by Gasteiger charge is -2.12. The molecule has 3 aromatic carbocycles. The van der Waals surface area contributed by atoms with Crippen LogP contribution < -0.4 is 20.1 Å². The zero-order chi connectivity index (χ0) is 26.1. The minimum Gasteiger partial charge on any atom is -0.493 e. The number of halogens is 1. The standard InChI is InChI=1S/C25H19ClN4O6/c1-35-23-12-16(7-10-22(23)36-15-24(31)28-18-5-3-2-4-6-18)11-17(14-27)25(32)29-21-9-8-19(30(33)34)13-20(21)26/h2-13H,15H2,1H3,(H,28,31)(H,29,32)/b17-11+. The Hall–Kier alpha value is -4.88. The van der Waals surface area contributed by atoms with Crippen molar-refractivity contribution in [2.24, 2.45) is 0 Å². The number of amides is 2. The zero-order valence-corrected chi connectivity index (χ0v) is 19.6. The number of carbonyl (C=O) groups excluding carboxylic acids is 2. The summed E-state index contributed by atoms with van der Waals surface area (Å²) < 4.78 is 10.9. The number of nitrogens with one attached hydrogen (secondary N) is 2. The summed E-state index contributed by atoms with van der Waals surface area (Å²) in [5.41, 5.74) is 0.720. The van der Waals surface area contributed by atoms with Gasteiger partial charge >= 0.3 is 0 Å². The number of hydrogen-bond donors (Lipinski definition) is 2. The number of methoxy groups -OCH3 is 1. The van der Waals surface area contributed by atoms with E-state index in [0.29, 0.717) is 17.0 Å². The first-order valence-corrected chi connectivity index (χ1v) is 10.7. The Labute approximate surface area is 210 Å². The maximum absolute atomic E-state index is 12.6. The molecule has 0 aromatic heterocycles. The minimum absolute atomic E-state index is 0.0469. The fraction of sp³-hybridized carbons (Fsp3) is 0.0800. The first-order chi connectivity index (χ1) is 17.3. The molecular weight excluding hydrogens is 488 g/mol. The Kier molecular flexibility index (Phi) is 8.58. The molecule has 2 N–H and O–H groups in total. The highest BCUT2D eigenvalue weighted by molar-refractivity contribution is 6.34. The number of nitro groups is 1. The molecule has 2 amide bonds. The largest absolute Gasteiger partial charge is 0.493 e. The number of para-hydroxylation sites is 1. The topological polar surface area (TPSA) is 144 Å². The Morgan fingerprint density at radius 3 is 2.47 bits per heavy atom. The smallest absolute Gasteiger partial charge is 0.271 e. The summed E-state index contributed by atoms with van der Waals surface area (Å²) >= 11 is 6.00. The van der Waals surface area contributed by atoms with Crippen LogP contribution in [0, 0.1) is 21.4 Å². The number of carbonyl (C=O) groups is 2. The number of nitriles is 1. The van der Waals surface area contributed by atoms with E-state index in [-0.39, 0.29) is 40.2 Å². The van der Waals surface area contributed by atoms with E-state index in [2.05, 4.69) is 10.6 Å². The molecule has 0 saturated carbocycles. The molecule has 0 saturated heterocycles. The third-order valence-corrected chi connectivity index (χ3v) is 5.00. The van der Waals surface area contributed by atoms with Crippen molar-refractivity contribution in [3.63, 3.8) is 0 Å². The Morgan fingerprint density at radius 2 is 1.83 bits per heavy atom. The van der Waals surface area contributed by atoms with Gasteiger partial charge in [-0.05, 0) is 42.0 Å². The van der Waals surface area contributed by atoms with Gasteiger partial charge < -0.3 is 20.1 Å². The van der Waals surface area contributed by atoms with Gasteiger partial charge in [0.25, 0.3) is 17.5 Å². The van der Waals surface area contributed by atoms with Gasteiger partial charge in [0.05, 0.1) is 22.7 Å². The van der Waals surface area contributed by atoms with Gasteiger partial charge in [-0.2, -0.15) is 5.26 Å². The summed E-state index contributed by atoms with van der Waals surface area (Å²) in [7, 11) is 1.41. The van der Waals surface area contributed by atoms with Gasteiger partial charge in [0.1, 0.15) is 11.6 Å². The molecular formula is C25H19ClN4O6. The molecule has 0 fully saturated rings. The number of nitro benzene ring substituents is 1. The molecule has 0 aliphatic rings. The van der Waals surface area contributed by atoms with E-state index < -0.39 is 10.8 Å². The van der Waals surface area contributed by atoms with E-state index >= 15 is 0 Å². The average molecular weight is 507 g/mol. The number of ether oxygens (including phenoxy) is 2. The molecule has 0 radical (unpaired) electrons. The van der Waals surface area contributed by atoms with Crippen molar-refractivity contribution >= 4 is 46.6 Å². The van der Waals surface area contributed by atoms with Crippen molar-refractivity contribution in [1.29, 1.82) is 5.26 Å². The highest BCUT2D eigenvalue weighted by atomic mass is 35.5. The summed E-state index contributed by atoms with van der Waals surface area (Å²) in [6.07, 6.45) is 1.32. The lowest BCUT2D eigenvalue weighted by Crippen LogP contribution is -2.20. The van der Waals surface area contributed by atoms with Crippen molar-refractivity contribution in [1.82, 2.24) is 0 Å². The van der Waals surface area contributed by atoms with Gasteiger partial charge in [0, 0.05) is 17.8 Å². The van der Waals surface area contributed by atoms with E-state index in [1.165, 1.54) is 31.4 Å². The first-order valence-electron chi connectivity index (χ1n) is 10.3. The van der Waals surface area contributed by atoms with E-state index in [1.807, 2.05) is 12.1 Å². The monoisotopic (exact) mass is 506 g/mol. The van der Waals surface area contributed by atoms with E-state index in [0.717, 1.165) is 6.07 Å². The number of non-ortho nitro benzene ring substituents is 1. The lowest BCUT2D eigenvalue weighted by molar-refractivity contribution is -0.384. The molecule has 36 heavy (non-hydrogen) atoms. The van der Waals surface area contributed by atoms with Crippen molar-refractivity contribution in [2.45, 2.75) is 0 Å². The third-order valence-electron chi connectivity index (χ3n) is 4.69. The fourth-order valence-corrected chi connectivity index (χ4v) is 3.20. The minimum atomic E-state index is -0.759. The SMILES string of the molecule is COc1cc(/C=C(\C#N)C(=O)Nc2ccc([N+](=O)[O-])cc2Cl)ccc1OCC(=O)Nc1ccccc1. The number of nitrogens with zero attached hydrogens (tertiary/aromatic N) is 2. The quantitative estimate of drug-likeness (QED) is 0.183. The number of hydrogen-bond acceptors (Lipinski definition) is 7. The fourth-order valence-electron chi connectivity index (χ4n) is 2.98. The number of rotatable bonds is 9. The Bertz CT molecular complexity index is 1370. The second-order valence-electron chi connectivity index (χ2n) is 7.16. The molecule has 0 bridgehead atoms. The number of benzene rings is 3.